The standard InChI is InChI=1S/C12H14ClFN4O2S/c13-12-9(8-15)6-10(7-11(12)14)21(19,20)17-3-5-18-4-1-2-16-18/h1-2,4,6-7,17H,3,5,8,15H2. The number of hydrogen-bond donors (Lipinski definition) is 2. The van der Waals surface area contributed by atoms with Crippen LogP contribution in [0.2, 0.25) is 5.02 Å². The lowest BCUT2D eigenvalue weighted by molar-refractivity contribution is 0.558. The number of hydrogen-bond acceptors (Lipinski definition) is 4. The van der Waals surface area contributed by atoms with E-state index in [9.17, 15) is 12.8 Å². The number of rotatable bonds is 6. The van der Waals surface area contributed by atoms with E-state index in [1.54, 1.807) is 23.1 Å². The van der Waals surface area contributed by atoms with Crippen molar-refractivity contribution in [3.8, 4) is 0 Å². The average molecular weight is 333 g/mol. The molecule has 0 aliphatic rings. The van der Waals surface area contributed by atoms with Crippen molar-refractivity contribution in [1.29, 1.82) is 0 Å². The average Bonchev–Trinajstić information content (AvgIpc) is 2.94. The summed E-state index contributed by atoms with van der Waals surface area (Å²) >= 11 is 5.71. The fraction of sp³-hybridized carbons (Fsp3) is 0.250. The summed E-state index contributed by atoms with van der Waals surface area (Å²) in [4.78, 5) is -0.203. The lowest BCUT2D eigenvalue weighted by Gasteiger charge is -2.10. The number of nitrogens with two attached hydrogens (primary N) is 1. The molecule has 0 aliphatic heterocycles. The molecule has 0 aliphatic carbocycles. The van der Waals surface area contributed by atoms with Gasteiger partial charge in [0.25, 0.3) is 0 Å². The molecule has 2 aromatic rings. The Hall–Kier alpha value is -1.48. The molecule has 0 saturated carbocycles. The topological polar surface area (TPSA) is 90.0 Å². The van der Waals surface area contributed by atoms with E-state index in [0.717, 1.165) is 6.07 Å². The van der Waals surface area contributed by atoms with Crippen LogP contribution >= 0.6 is 11.6 Å². The maximum atomic E-state index is 13.6. The van der Waals surface area contributed by atoms with Gasteiger partial charge in [0, 0.05) is 25.5 Å². The second-order valence-electron chi connectivity index (χ2n) is 4.25. The Bertz CT molecular complexity index is 719. The first-order valence-electron chi connectivity index (χ1n) is 6.09. The molecule has 0 saturated heterocycles. The van der Waals surface area contributed by atoms with Crippen molar-refractivity contribution < 1.29 is 12.8 Å². The Morgan fingerprint density at radius 2 is 2.19 bits per heavy atom. The molecule has 1 aromatic heterocycles. The summed E-state index contributed by atoms with van der Waals surface area (Å²) in [6.45, 7) is 0.449. The highest BCUT2D eigenvalue weighted by molar-refractivity contribution is 7.89. The number of nitrogens with zero attached hydrogens (tertiary/aromatic N) is 2. The molecule has 0 spiro atoms. The van der Waals surface area contributed by atoms with Gasteiger partial charge < -0.3 is 5.73 Å². The molecule has 0 atom stereocenters. The lowest BCUT2D eigenvalue weighted by atomic mass is 10.2. The third-order valence-corrected chi connectivity index (χ3v) is 4.66. The zero-order valence-corrected chi connectivity index (χ0v) is 12.5. The van der Waals surface area contributed by atoms with E-state index in [4.69, 9.17) is 17.3 Å². The number of sulfonamides is 1. The zero-order chi connectivity index (χ0) is 15.5. The molecule has 114 valence electrons. The SMILES string of the molecule is NCc1cc(S(=O)(=O)NCCn2cccn2)cc(F)c1Cl. The minimum atomic E-state index is -3.83. The van der Waals surface area contributed by atoms with Crippen LogP contribution in [0, 0.1) is 5.82 Å². The minimum Gasteiger partial charge on any atom is -0.326 e. The van der Waals surface area contributed by atoms with Crippen LogP contribution in [0.15, 0.2) is 35.5 Å². The van der Waals surface area contributed by atoms with Crippen molar-refractivity contribution in [1.82, 2.24) is 14.5 Å². The van der Waals surface area contributed by atoms with Gasteiger partial charge in [-0.1, -0.05) is 11.6 Å². The van der Waals surface area contributed by atoms with E-state index >= 15 is 0 Å². The van der Waals surface area contributed by atoms with Gasteiger partial charge in [0.2, 0.25) is 10.0 Å². The summed E-state index contributed by atoms with van der Waals surface area (Å²) in [5, 5.41) is 3.79. The van der Waals surface area contributed by atoms with Crippen LogP contribution in [0.25, 0.3) is 0 Å². The summed E-state index contributed by atoms with van der Waals surface area (Å²) in [7, 11) is -3.83. The zero-order valence-electron chi connectivity index (χ0n) is 11.0. The molecule has 9 heteroatoms. The molecule has 21 heavy (non-hydrogen) atoms. The highest BCUT2D eigenvalue weighted by Crippen LogP contribution is 2.24. The van der Waals surface area contributed by atoms with Crippen LogP contribution in [0.5, 0.6) is 0 Å². The molecule has 3 N–H and O–H groups in total. The van der Waals surface area contributed by atoms with Gasteiger partial charge in [0.1, 0.15) is 5.82 Å². The fourth-order valence-corrected chi connectivity index (χ4v) is 3.00. The molecule has 0 amide bonds. The molecule has 0 radical (unpaired) electrons. The number of halogens is 2. The van der Waals surface area contributed by atoms with Crippen molar-refractivity contribution in [3.05, 3.63) is 47.0 Å². The predicted octanol–water partition coefficient (Wildman–Crippen LogP) is 1.11. The Kier molecular flexibility index (Phi) is 4.94. The summed E-state index contributed by atoms with van der Waals surface area (Å²) in [5.74, 6) is -0.813. The summed E-state index contributed by atoms with van der Waals surface area (Å²) in [6.07, 6.45) is 3.30. The van der Waals surface area contributed by atoms with Crippen LogP contribution in [0.4, 0.5) is 4.39 Å². The third-order valence-electron chi connectivity index (χ3n) is 2.80. The smallest absolute Gasteiger partial charge is 0.240 e. The quantitative estimate of drug-likeness (QED) is 0.829. The third kappa shape index (κ3) is 3.79. The van der Waals surface area contributed by atoms with Crippen LogP contribution in [-0.4, -0.2) is 24.7 Å². The van der Waals surface area contributed by atoms with Crippen LogP contribution in [-0.2, 0) is 23.1 Å². The van der Waals surface area contributed by atoms with Crippen molar-refractivity contribution in [3.63, 3.8) is 0 Å². The molecule has 0 bridgehead atoms. The first-order valence-corrected chi connectivity index (χ1v) is 7.95. The Balaban J connectivity index is 2.13. The second-order valence-corrected chi connectivity index (χ2v) is 6.39. The molecule has 0 fully saturated rings. The van der Waals surface area contributed by atoms with Gasteiger partial charge in [-0.15, -0.1) is 0 Å². The second kappa shape index (κ2) is 6.52. The summed E-state index contributed by atoms with van der Waals surface area (Å²) in [5.41, 5.74) is 5.66. The highest BCUT2D eigenvalue weighted by Gasteiger charge is 2.18. The molecular formula is C12H14ClFN4O2S. The van der Waals surface area contributed by atoms with Gasteiger partial charge in [0.15, 0.2) is 0 Å². The van der Waals surface area contributed by atoms with Crippen LogP contribution in [0.3, 0.4) is 0 Å². The van der Waals surface area contributed by atoms with E-state index in [1.807, 2.05) is 0 Å². The van der Waals surface area contributed by atoms with Crippen molar-refractivity contribution in [2.24, 2.45) is 5.73 Å². The Morgan fingerprint density at radius 1 is 1.43 bits per heavy atom. The maximum absolute atomic E-state index is 13.6. The van der Waals surface area contributed by atoms with Gasteiger partial charge in [-0.2, -0.15) is 5.10 Å². The molecule has 1 heterocycles. The van der Waals surface area contributed by atoms with Gasteiger partial charge in [0.05, 0.1) is 16.5 Å². The summed E-state index contributed by atoms with van der Waals surface area (Å²) < 4.78 is 41.8. The fourth-order valence-electron chi connectivity index (χ4n) is 1.73. The predicted molar refractivity (Wildman–Crippen MR) is 76.7 cm³/mol. The van der Waals surface area contributed by atoms with Crippen molar-refractivity contribution >= 4 is 21.6 Å². The normalized spacial score (nSPS) is 11.8. The van der Waals surface area contributed by atoms with Gasteiger partial charge in [-0.25, -0.2) is 17.5 Å². The lowest BCUT2D eigenvalue weighted by Crippen LogP contribution is -2.28. The van der Waals surface area contributed by atoms with E-state index in [1.165, 1.54) is 6.07 Å². The van der Waals surface area contributed by atoms with Crippen LogP contribution in [0.1, 0.15) is 5.56 Å². The monoisotopic (exact) mass is 332 g/mol. The van der Waals surface area contributed by atoms with E-state index < -0.39 is 15.8 Å². The molecule has 2 rings (SSSR count). The molecule has 0 unspecified atom stereocenters. The molecular weight excluding hydrogens is 319 g/mol. The van der Waals surface area contributed by atoms with E-state index in [0.29, 0.717) is 6.54 Å². The first-order chi connectivity index (χ1) is 9.94. The van der Waals surface area contributed by atoms with Gasteiger partial charge >= 0.3 is 0 Å². The van der Waals surface area contributed by atoms with E-state index in [-0.39, 0.29) is 28.6 Å². The largest absolute Gasteiger partial charge is 0.326 e. The Morgan fingerprint density at radius 3 is 2.81 bits per heavy atom. The summed E-state index contributed by atoms with van der Waals surface area (Å²) in [6, 6.07) is 3.87. The Labute approximate surface area is 126 Å². The number of nitrogens with one attached hydrogen (secondary N) is 1. The van der Waals surface area contributed by atoms with Crippen molar-refractivity contribution in [2.45, 2.75) is 18.0 Å². The van der Waals surface area contributed by atoms with Crippen molar-refractivity contribution in [2.75, 3.05) is 6.54 Å². The minimum absolute atomic E-state index is 0.0492. The van der Waals surface area contributed by atoms with Gasteiger partial charge in [-0.05, 0) is 23.8 Å². The highest BCUT2D eigenvalue weighted by atomic mass is 35.5. The molecule has 6 nitrogen and oxygen atoms in total. The number of aromatic nitrogens is 2. The maximum Gasteiger partial charge on any atom is 0.240 e. The van der Waals surface area contributed by atoms with E-state index in [2.05, 4.69) is 9.82 Å². The first kappa shape index (κ1) is 15.9. The van der Waals surface area contributed by atoms with Crippen LogP contribution < -0.4 is 10.5 Å². The van der Waals surface area contributed by atoms with Gasteiger partial charge in [-0.3, -0.25) is 4.68 Å². The molecule has 1 aromatic carbocycles. The number of benzene rings is 1.